The van der Waals surface area contributed by atoms with Crippen molar-refractivity contribution in [1.82, 2.24) is 19.3 Å². The zero-order valence-electron chi connectivity index (χ0n) is 12.0. The molecule has 0 atom stereocenters. The molecule has 110 valence electrons. The number of fused-ring (bicyclic) bond motifs is 1. The second kappa shape index (κ2) is 4.54. The fourth-order valence-corrected chi connectivity index (χ4v) is 2.47. The number of hydrogen-bond donors (Lipinski definition) is 1. The first-order valence-corrected chi connectivity index (χ1v) is 6.62. The fraction of sp³-hybridized carbons (Fsp3) is 0.286. The van der Waals surface area contributed by atoms with E-state index in [1.807, 2.05) is 6.92 Å². The van der Waals surface area contributed by atoms with Crippen LogP contribution >= 0.6 is 0 Å². The van der Waals surface area contributed by atoms with E-state index in [1.54, 1.807) is 18.5 Å². The molecule has 21 heavy (non-hydrogen) atoms. The lowest BCUT2D eigenvalue weighted by molar-refractivity contribution is 0.563. The van der Waals surface area contributed by atoms with Crippen molar-refractivity contribution in [3.63, 3.8) is 0 Å². The van der Waals surface area contributed by atoms with Gasteiger partial charge in [-0.25, -0.2) is 18.4 Å². The van der Waals surface area contributed by atoms with Crippen LogP contribution in [0.2, 0.25) is 0 Å². The Labute approximate surface area is 120 Å². The molecule has 0 saturated carbocycles. The summed E-state index contributed by atoms with van der Waals surface area (Å²) < 4.78 is 31.5. The summed E-state index contributed by atoms with van der Waals surface area (Å²) in [6, 6.07) is 2.61. The van der Waals surface area contributed by atoms with Crippen LogP contribution in [-0.4, -0.2) is 19.3 Å². The molecule has 0 bridgehead atoms. The largest absolute Gasteiger partial charge is 0.369 e. The van der Waals surface area contributed by atoms with Crippen LogP contribution in [0.15, 0.2) is 12.1 Å². The van der Waals surface area contributed by atoms with Gasteiger partial charge in [0.2, 0.25) is 5.95 Å². The number of aromatic nitrogens is 4. The van der Waals surface area contributed by atoms with Crippen molar-refractivity contribution in [3.8, 4) is 5.69 Å². The third kappa shape index (κ3) is 1.80. The van der Waals surface area contributed by atoms with Gasteiger partial charge in [0, 0.05) is 6.54 Å². The monoisotopic (exact) mass is 291 g/mol. The van der Waals surface area contributed by atoms with Gasteiger partial charge in [-0.2, -0.15) is 5.10 Å². The van der Waals surface area contributed by atoms with Crippen molar-refractivity contribution in [2.24, 2.45) is 0 Å². The summed E-state index contributed by atoms with van der Waals surface area (Å²) in [4.78, 5) is 4.19. The van der Waals surface area contributed by atoms with Crippen molar-refractivity contribution >= 4 is 17.1 Å². The average Bonchev–Trinajstić information content (AvgIpc) is 2.93. The summed E-state index contributed by atoms with van der Waals surface area (Å²) in [6.07, 6.45) is 0. The van der Waals surface area contributed by atoms with Gasteiger partial charge >= 0.3 is 0 Å². The minimum Gasteiger partial charge on any atom is -0.369 e. The molecule has 3 aromatic rings. The van der Waals surface area contributed by atoms with Gasteiger partial charge in [0.25, 0.3) is 0 Å². The van der Waals surface area contributed by atoms with Gasteiger partial charge in [-0.15, -0.1) is 0 Å². The van der Waals surface area contributed by atoms with Crippen LogP contribution in [0.4, 0.5) is 14.7 Å². The molecule has 2 N–H and O–H groups in total. The number of nitrogen functional groups attached to an aromatic ring is 1. The maximum Gasteiger partial charge on any atom is 0.207 e. The number of nitrogens with two attached hydrogens (primary N) is 1. The van der Waals surface area contributed by atoms with Gasteiger partial charge in [0.15, 0.2) is 11.5 Å². The van der Waals surface area contributed by atoms with Gasteiger partial charge in [0.1, 0.15) is 17.0 Å². The van der Waals surface area contributed by atoms with E-state index >= 15 is 0 Å². The van der Waals surface area contributed by atoms with Crippen molar-refractivity contribution in [2.75, 3.05) is 5.73 Å². The molecule has 2 aromatic heterocycles. The average molecular weight is 291 g/mol. The Morgan fingerprint density at radius 3 is 2.62 bits per heavy atom. The second-order valence-corrected chi connectivity index (χ2v) is 4.91. The molecule has 0 unspecified atom stereocenters. The summed E-state index contributed by atoms with van der Waals surface area (Å²) in [5.41, 5.74) is 7.73. The lowest BCUT2D eigenvalue weighted by Gasteiger charge is -2.11. The molecule has 0 aliphatic heterocycles. The van der Waals surface area contributed by atoms with Gasteiger partial charge < -0.3 is 5.73 Å². The Morgan fingerprint density at radius 2 is 1.95 bits per heavy atom. The third-order valence-electron chi connectivity index (χ3n) is 3.52. The molecule has 2 heterocycles. The molecule has 0 aliphatic carbocycles. The minimum absolute atomic E-state index is 0.0381. The molecule has 7 heteroatoms. The highest BCUT2D eigenvalue weighted by molar-refractivity contribution is 5.80. The molecular weight excluding hydrogens is 276 g/mol. The van der Waals surface area contributed by atoms with Crippen LogP contribution in [-0.2, 0) is 6.54 Å². The molecular formula is C14H15F2N5. The summed E-state index contributed by atoms with van der Waals surface area (Å²) in [6.45, 7) is 5.80. The maximum atomic E-state index is 14.4. The second-order valence-electron chi connectivity index (χ2n) is 4.91. The van der Waals surface area contributed by atoms with Crippen LogP contribution in [0.5, 0.6) is 0 Å². The van der Waals surface area contributed by atoms with Crippen molar-refractivity contribution < 1.29 is 8.78 Å². The Morgan fingerprint density at radius 1 is 1.24 bits per heavy atom. The van der Waals surface area contributed by atoms with Crippen molar-refractivity contribution in [3.05, 3.63) is 35.0 Å². The standard InChI is InChI=1S/C14H15F2N5/c1-4-20-13-11(8(3)19-20)18-14(17)21(13)12-9(15)6-5-7(2)10(12)16/h5-6H,4H2,1-3H3,(H2,17,18). The lowest BCUT2D eigenvalue weighted by Crippen LogP contribution is -2.10. The van der Waals surface area contributed by atoms with Gasteiger partial charge in [-0.1, -0.05) is 6.07 Å². The molecule has 0 radical (unpaired) electrons. The topological polar surface area (TPSA) is 61.7 Å². The van der Waals surface area contributed by atoms with E-state index in [2.05, 4.69) is 10.1 Å². The summed E-state index contributed by atoms with van der Waals surface area (Å²) >= 11 is 0. The van der Waals surface area contributed by atoms with Crippen LogP contribution in [0.1, 0.15) is 18.2 Å². The third-order valence-corrected chi connectivity index (χ3v) is 3.52. The fourth-order valence-electron chi connectivity index (χ4n) is 2.47. The highest BCUT2D eigenvalue weighted by Gasteiger charge is 2.23. The van der Waals surface area contributed by atoms with E-state index in [1.165, 1.54) is 16.7 Å². The SMILES string of the molecule is CCn1nc(C)c2nc(N)n(-c3c(F)ccc(C)c3F)c21. The summed E-state index contributed by atoms with van der Waals surface area (Å²) in [7, 11) is 0. The number of imidazole rings is 1. The summed E-state index contributed by atoms with van der Waals surface area (Å²) in [5.74, 6) is -1.30. The van der Waals surface area contributed by atoms with Crippen molar-refractivity contribution in [2.45, 2.75) is 27.3 Å². The molecule has 1 aromatic carbocycles. The number of benzene rings is 1. The van der Waals surface area contributed by atoms with E-state index in [9.17, 15) is 8.78 Å². The van der Waals surface area contributed by atoms with Gasteiger partial charge in [0.05, 0.1) is 5.69 Å². The Balaban J connectivity index is 2.46. The number of anilines is 1. The zero-order chi connectivity index (χ0) is 15.3. The Kier molecular flexibility index (Phi) is 2.93. The molecule has 0 spiro atoms. The van der Waals surface area contributed by atoms with E-state index < -0.39 is 11.6 Å². The quantitative estimate of drug-likeness (QED) is 0.789. The van der Waals surface area contributed by atoms with Gasteiger partial charge in [-0.3, -0.25) is 4.57 Å². The van der Waals surface area contributed by atoms with Gasteiger partial charge in [-0.05, 0) is 32.4 Å². The van der Waals surface area contributed by atoms with Crippen LogP contribution in [0, 0.1) is 25.5 Å². The highest BCUT2D eigenvalue weighted by atomic mass is 19.1. The lowest BCUT2D eigenvalue weighted by atomic mass is 10.2. The molecule has 0 fully saturated rings. The van der Waals surface area contributed by atoms with Crippen LogP contribution < -0.4 is 5.73 Å². The Hall–Kier alpha value is -2.44. The number of hydrogen-bond acceptors (Lipinski definition) is 3. The molecule has 0 saturated heterocycles. The maximum absolute atomic E-state index is 14.4. The Bertz CT molecular complexity index is 847. The smallest absolute Gasteiger partial charge is 0.207 e. The van der Waals surface area contributed by atoms with Crippen molar-refractivity contribution in [1.29, 1.82) is 0 Å². The molecule has 5 nitrogen and oxygen atoms in total. The first-order valence-electron chi connectivity index (χ1n) is 6.62. The zero-order valence-corrected chi connectivity index (χ0v) is 12.0. The molecule has 0 aliphatic rings. The molecule has 3 rings (SSSR count). The van der Waals surface area contributed by atoms with Crippen LogP contribution in [0.25, 0.3) is 16.9 Å². The summed E-state index contributed by atoms with van der Waals surface area (Å²) in [5, 5.41) is 4.31. The highest BCUT2D eigenvalue weighted by Crippen LogP contribution is 2.29. The first-order chi connectivity index (χ1) is 9.95. The normalized spacial score (nSPS) is 11.5. The van der Waals surface area contributed by atoms with E-state index in [4.69, 9.17) is 5.73 Å². The first kappa shape index (κ1) is 13.5. The van der Waals surface area contributed by atoms with E-state index in [0.717, 1.165) is 0 Å². The predicted molar refractivity (Wildman–Crippen MR) is 76.3 cm³/mol. The predicted octanol–water partition coefficient (Wildman–Crippen LogP) is 2.72. The molecule has 0 amide bonds. The van der Waals surface area contributed by atoms with E-state index in [-0.39, 0.29) is 11.6 Å². The minimum atomic E-state index is -0.689. The number of rotatable bonds is 2. The number of nitrogens with zero attached hydrogens (tertiary/aromatic N) is 4. The van der Waals surface area contributed by atoms with E-state index in [0.29, 0.717) is 29.0 Å². The number of aryl methyl sites for hydroxylation is 3. The van der Waals surface area contributed by atoms with Crippen LogP contribution in [0.3, 0.4) is 0 Å². The number of halogens is 2.